The highest BCUT2D eigenvalue weighted by Gasteiger charge is 2.28. The summed E-state index contributed by atoms with van der Waals surface area (Å²) in [5, 5.41) is 6.79. The molecule has 2 aliphatic heterocycles. The van der Waals surface area contributed by atoms with Crippen molar-refractivity contribution in [2.45, 2.75) is 38.3 Å². The molecule has 2 heterocycles. The first-order valence-electron chi connectivity index (χ1n) is 8.01. The van der Waals surface area contributed by atoms with Crippen LogP contribution < -0.4 is 10.6 Å². The number of guanidine groups is 1. The van der Waals surface area contributed by atoms with E-state index in [2.05, 4.69) is 34.4 Å². The predicted molar refractivity (Wildman–Crippen MR) is 84.8 cm³/mol. The molecule has 2 fully saturated rings. The van der Waals surface area contributed by atoms with Gasteiger partial charge in [-0.1, -0.05) is 0 Å². The highest BCUT2D eigenvalue weighted by atomic mass is 16.5. The van der Waals surface area contributed by atoms with Crippen molar-refractivity contribution in [2.24, 2.45) is 4.99 Å². The van der Waals surface area contributed by atoms with E-state index in [0.29, 0.717) is 6.10 Å². The van der Waals surface area contributed by atoms with E-state index < -0.39 is 0 Å². The summed E-state index contributed by atoms with van der Waals surface area (Å²) in [7, 11) is 1.81. The SMILES string of the molecule is CN=C(NCC1CCCO1)NCC(C)(C)N1CCOCC1. The van der Waals surface area contributed by atoms with Gasteiger partial charge in [0.25, 0.3) is 0 Å². The minimum atomic E-state index is 0.0886. The molecular formula is C15H30N4O2. The van der Waals surface area contributed by atoms with Crippen LogP contribution in [0.4, 0.5) is 0 Å². The van der Waals surface area contributed by atoms with Gasteiger partial charge in [0.1, 0.15) is 0 Å². The standard InChI is InChI=1S/C15H30N4O2/c1-15(2,19-6-9-20-10-7-19)12-18-14(16-3)17-11-13-5-4-8-21-13/h13H,4-12H2,1-3H3,(H2,16,17,18). The van der Waals surface area contributed by atoms with Gasteiger partial charge in [-0.2, -0.15) is 0 Å². The van der Waals surface area contributed by atoms with Crippen molar-refractivity contribution >= 4 is 5.96 Å². The molecule has 2 N–H and O–H groups in total. The van der Waals surface area contributed by atoms with Gasteiger partial charge in [-0.25, -0.2) is 0 Å². The number of nitrogens with one attached hydrogen (secondary N) is 2. The fourth-order valence-corrected chi connectivity index (χ4v) is 2.82. The molecule has 0 aromatic rings. The summed E-state index contributed by atoms with van der Waals surface area (Å²) >= 11 is 0. The highest BCUT2D eigenvalue weighted by molar-refractivity contribution is 5.79. The summed E-state index contributed by atoms with van der Waals surface area (Å²) in [5.41, 5.74) is 0.0886. The Morgan fingerprint density at radius 2 is 2.00 bits per heavy atom. The largest absolute Gasteiger partial charge is 0.379 e. The molecule has 2 rings (SSSR count). The number of aliphatic imine (C=N–C) groups is 1. The van der Waals surface area contributed by atoms with Gasteiger partial charge in [0.2, 0.25) is 0 Å². The topological polar surface area (TPSA) is 58.1 Å². The van der Waals surface area contributed by atoms with E-state index in [1.807, 2.05) is 7.05 Å². The Morgan fingerprint density at radius 3 is 2.62 bits per heavy atom. The average Bonchev–Trinajstić information content (AvgIpc) is 3.02. The van der Waals surface area contributed by atoms with Crippen LogP contribution >= 0.6 is 0 Å². The van der Waals surface area contributed by atoms with Crippen LogP contribution in [0.3, 0.4) is 0 Å². The number of hydrogen-bond acceptors (Lipinski definition) is 4. The van der Waals surface area contributed by atoms with E-state index in [1.165, 1.54) is 6.42 Å². The lowest BCUT2D eigenvalue weighted by molar-refractivity contribution is -0.00835. The quantitative estimate of drug-likeness (QED) is 0.570. The molecule has 2 aliphatic rings. The maximum Gasteiger partial charge on any atom is 0.191 e. The molecule has 0 bridgehead atoms. The van der Waals surface area contributed by atoms with Crippen LogP contribution in [0.25, 0.3) is 0 Å². The lowest BCUT2D eigenvalue weighted by Gasteiger charge is -2.41. The van der Waals surface area contributed by atoms with Crippen molar-refractivity contribution in [2.75, 3.05) is 53.0 Å². The van der Waals surface area contributed by atoms with Gasteiger partial charge in [-0.05, 0) is 26.7 Å². The lowest BCUT2D eigenvalue weighted by atomic mass is 10.0. The van der Waals surface area contributed by atoms with Crippen LogP contribution in [0.5, 0.6) is 0 Å². The highest BCUT2D eigenvalue weighted by Crippen LogP contribution is 2.15. The Bertz CT molecular complexity index is 335. The summed E-state index contributed by atoms with van der Waals surface area (Å²) in [4.78, 5) is 6.76. The second-order valence-corrected chi connectivity index (χ2v) is 6.35. The molecule has 1 atom stereocenters. The van der Waals surface area contributed by atoms with E-state index in [1.54, 1.807) is 0 Å². The second kappa shape index (κ2) is 7.96. The fraction of sp³-hybridized carbons (Fsp3) is 0.933. The third kappa shape index (κ3) is 5.13. The monoisotopic (exact) mass is 298 g/mol. The molecule has 6 heteroatoms. The smallest absolute Gasteiger partial charge is 0.191 e. The second-order valence-electron chi connectivity index (χ2n) is 6.35. The minimum absolute atomic E-state index is 0.0886. The van der Waals surface area contributed by atoms with Crippen molar-refractivity contribution in [3.05, 3.63) is 0 Å². The van der Waals surface area contributed by atoms with Crippen LogP contribution in [0.2, 0.25) is 0 Å². The Labute approximate surface area is 128 Å². The normalized spacial score (nSPS) is 25.1. The molecular weight excluding hydrogens is 268 g/mol. The van der Waals surface area contributed by atoms with Crippen molar-refractivity contribution < 1.29 is 9.47 Å². The van der Waals surface area contributed by atoms with Crippen molar-refractivity contribution in [1.29, 1.82) is 0 Å². The first kappa shape index (κ1) is 16.5. The summed E-state index contributed by atoms with van der Waals surface area (Å²) in [6.07, 6.45) is 2.64. The Hall–Kier alpha value is -0.850. The van der Waals surface area contributed by atoms with Crippen molar-refractivity contribution in [3.8, 4) is 0 Å². The average molecular weight is 298 g/mol. The molecule has 21 heavy (non-hydrogen) atoms. The van der Waals surface area contributed by atoms with Gasteiger partial charge in [0.05, 0.1) is 19.3 Å². The summed E-state index contributed by atoms with van der Waals surface area (Å²) < 4.78 is 11.0. The number of rotatable bonds is 5. The maximum absolute atomic E-state index is 5.62. The van der Waals surface area contributed by atoms with Gasteiger partial charge >= 0.3 is 0 Å². The Kier molecular flexibility index (Phi) is 6.26. The Balaban J connectivity index is 1.73. The zero-order valence-corrected chi connectivity index (χ0v) is 13.7. The van der Waals surface area contributed by atoms with Gasteiger partial charge in [0.15, 0.2) is 5.96 Å². The van der Waals surface area contributed by atoms with Crippen LogP contribution in [0.1, 0.15) is 26.7 Å². The molecule has 0 saturated carbocycles. The number of morpholine rings is 1. The summed E-state index contributed by atoms with van der Waals surface area (Å²) in [6.45, 7) is 10.8. The number of ether oxygens (including phenoxy) is 2. The molecule has 1 unspecified atom stereocenters. The molecule has 122 valence electrons. The molecule has 0 aromatic heterocycles. The summed E-state index contributed by atoms with van der Waals surface area (Å²) in [5.74, 6) is 0.854. The van der Waals surface area contributed by atoms with Gasteiger partial charge in [0, 0.05) is 45.4 Å². The van der Waals surface area contributed by atoms with Crippen LogP contribution in [0.15, 0.2) is 4.99 Å². The van der Waals surface area contributed by atoms with Gasteiger partial charge in [-0.3, -0.25) is 9.89 Å². The van der Waals surface area contributed by atoms with Crippen LogP contribution in [0, 0.1) is 0 Å². The molecule has 0 radical (unpaired) electrons. The zero-order chi connectivity index (χ0) is 15.1. The lowest BCUT2D eigenvalue weighted by Crippen LogP contribution is -2.56. The molecule has 2 saturated heterocycles. The molecule has 0 spiro atoms. The fourth-order valence-electron chi connectivity index (χ4n) is 2.82. The van der Waals surface area contributed by atoms with E-state index >= 15 is 0 Å². The van der Waals surface area contributed by atoms with Crippen molar-refractivity contribution in [3.63, 3.8) is 0 Å². The number of nitrogens with zero attached hydrogens (tertiary/aromatic N) is 2. The first-order chi connectivity index (χ1) is 10.1. The summed E-state index contributed by atoms with van der Waals surface area (Å²) in [6, 6.07) is 0. The van der Waals surface area contributed by atoms with E-state index in [0.717, 1.165) is 58.4 Å². The minimum Gasteiger partial charge on any atom is -0.379 e. The van der Waals surface area contributed by atoms with E-state index in [4.69, 9.17) is 9.47 Å². The van der Waals surface area contributed by atoms with Crippen LogP contribution in [-0.2, 0) is 9.47 Å². The molecule has 0 aliphatic carbocycles. The van der Waals surface area contributed by atoms with Gasteiger partial charge in [-0.15, -0.1) is 0 Å². The number of hydrogen-bond donors (Lipinski definition) is 2. The van der Waals surface area contributed by atoms with Crippen LogP contribution in [-0.4, -0.2) is 75.5 Å². The predicted octanol–water partition coefficient (Wildman–Crippen LogP) is 0.441. The van der Waals surface area contributed by atoms with Gasteiger partial charge < -0.3 is 20.1 Å². The molecule has 6 nitrogen and oxygen atoms in total. The maximum atomic E-state index is 5.62. The van der Waals surface area contributed by atoms with E-state index in [-0.39, 0.29) is 5.54 Å². The van der Waals surface area contributed by atoms with Crippen molar-refractivity contribution in [1.82, 2.24) is 15.5 Å². The Morgan fingerprint density at radius 1 is 1.24 bits per heavy atom. The third-order valence-electron chi connectivity index (χ3n) is 4.30. The molecule has 0 aromatic carbocycles. The molecule has 0 amide bonds. The zero-order valence-electron chi connectivity index (χ0n) is 13.7. The van der Waals surface area contributed by atoms with E-state index in [9.17, 15) is 0 Å². The third-order valence-corrected chi connectivity index (χ3v) is 4.30. The first-order valence-corrected chi connectivity index (χ1v) is 8.01.